The predicted molar refractivity (Wildman–Crippen MR) is 105 cm³/mol. The van der Waals surface area contributed by atoms with Crippen molar-refractivity contribution in [1.82, 2.24) is 15.2 Å². The van der Waals surface area contributed by atoms with Crippen molar-refractivity contribution in [2.75, 3.05) is 31.1 Å². The van der Waals surface area contributed by atoms with E-state index in [-0.39, 0.29) is 11.4 Å². The molecule has 0 radical (unpaired) electrons. The minimum Gasteiger partial charge on any atom is -0.368 e. The largest absolute Gasteiger partial charge is 0.368 e. The van der Waals surface area contributed by atoms with Gasteiger partial charge in [0.05, 0.1) is 0 Å². The number of hydrogen-bond donors (Lipinski definition) is 1. The summed E-state index contributed by atoms with van der Waals surface area (Å²) < 4.78 is 0. The summed E-state index contributed by atoms with van der Waals surface area (Å²) in [6, 6.07) is 12.6. The van der Waals surface area contributed by atoms with Crippen molar-refractivity contribution < 1.29 is 4.79 Å². The van der Waals surface area contributed by atoms with Crippen molar-refractivity contribution in [3.05, 3.63) is 59.9 Å². The van der Waals surface area contributed by atoms with Gasteiger partial charge in [-0.05, 0) is 34.7 Å². The highest BCUT2D eigenvalue weighted by Gasteiger charge is 2.21. The molecule has 2 amide bonds. The summed E-state index contributed by atoms with van der Waals surface area (Å²) in [5, 5.41) is 2.98. The van der Waals surface area contributed by atoms with Crippen LogP contribution in [0.5, 0.6) is 0 Å². The molecule has 1 aliphatic heterocycles. The zero-order chi connectivity index (χ0) is 18.6. The number of piperazine rings is 1. The second-order valence-corrected chi connectivity index (χ2v) is 7.79. The molecule has 1 aromatic carbocycles. The maximum Gasteiger partial charge on any atom is 0.317 e. The number of urea groups is 1. The number of carbonyl (C=O) groups is 1. The minimum absolute atomic E-state index is 0.00316. The lowest BCUT2D eigenvalue weighted by molar-refractivity contribution is 0.194. The monoisotopic (exact) mass is 352 g/mol. The molecule has 5 nitrogen and oxygen atoms in total. The molecule has 1 aliphatic rings. The Hall–Kier alpha value is -2.56. The van der Waals surface area contributed by atoms with Crippen LogP contribution in [0.2, 0.25) is 0 Å². The van der Waals surface area contributed by atoms with Crippen LogP contribution in [0.3, 0.4) is 0 Å². The Morgan fingerprint density at radius 1 is 1.08 bits per heavy atom. The van der Waals surface area contributed by atoms with Crippen molar-refractivity contribution in [3.8, 4) is 0 Å². The number of hydrogen-bond acceptors (Lipinski definition) is 3. The van der Waals surface area contributed by atoms with E-state index in [1.165, 1.54) is 11.3 Å². The Morgan fingerprint density at radius 3 is 2.35 bits per heavy atom. The average Bonchev–Trinajstić information content (AvgIpc) is 2.66. The number of aromatic nitrogens is 1. The SMILES string of the molecule is CC(C)(C)c1ccc(N2CCN(C(=O)NCc3cccnc3)CC2)cc1. The number of rotatable bonds is 3. The highest BCUT2D eigenvalue weighted by Crippen LogP contribution is 2.25. The first-order valence-electron chi connectivity index (χ1n) is 9.21. The lowest BCUT2D eigenvalue weighted by Gasteiger charge is -2.36. The first-order valence-corrected chi connectivity index (χ1v) is 9.21. The van der Waals surface area contributed by atoms with Crippen LogP contribution in [0.25, 0.3) is 0 Å². The maximum atomic E-state index is 12.3. The van der Waals surface area contributed by atoms with Crippen LogP contribution < -0.4 is 10.2 Å². The summed E-state index contributed by atoms with van der Waals surface area (Å²) in [6.07, 6.45) is 3.51. The van der Waals surface area contributed by atoms with E-state index >= 15 is 0 Å². The van der Waals surface area contributed by atoms with E-state index in [9.17, 15) is 4.79 Å². The second-order valence-electron chi connectivity index (χ2n) is 7.79. The van der Waals surface area contributed by atoms with Gasteiger partial charge in [0, 0.05) is 50.8 Å². The van der Waals surface area contributed by atoms with Gasteiger partial charge in [0.1, 0.15) is 0 Å². The van der Waals surface area contributed by atoms with Crippen LogP contribution in [0.15, 0.2) is 48.8 Å². The molecule has 3 rings (SSSR count). The van der Waals surface area contributed by atoms with Gasteiger partial charge in [-0.1, -0.05) is 39.0 Å². The molecule has 2 heterocycles. The Bertz CT molecular complexity index is 714. The highest BCUT2D eigenvalue weighted by molar-refractivity contribution is 5.74. The van der Waals surface area contributed by atoms with Crippen molar-refractivity contribution in [3.63, 3.8) is 0 Å². The van der Waals surface area contributed by atoms with Gasteiger partial charge in [-0.3, -0.25) is 4.98 Å². The fourth-order valence-corrected chi connectivity index (χ4v) is 3.13. The number of anilines is 1. The summed E-state index contributed by atoms with van der Waals surface area (Å²) in [4.78, 5) is 20.6. The van der Waals surface area contributed by atoms with Gasteiger partial charge >= 0.3 is 6.03 Å². The molecule has 0 bridgehead atoms. The molecule has 2 aromatic rings. The molecule has 0 spiro atoms. The highest BCUT2D eigenvalue weighted by atomic mass is 16.2. The fourth-order valence-electron chi connectivity index (χ4n) is 3.13. The number of benzene rings is 1. The molecular weight excluding hydrogens is 324 g/mol. The van der Waals surface area contributed by atoms with E-state index in [1.807, 2.05) is 17.0 Å². The maximum absolute atomic E-state index is 12.3. The van der Waals surface area contributed by atoms with Crippen LogP contribution in [0.4, 0.5) is 10.5 Å². The fraction of sp³-hybridized carbons (Fsp3) is 0.429. The van der Waals surface area contributed by atoms with Crippen LogP contribution in [-0.4, -0.2) is 42.1 Å². The first kappa shape index (κ1) is 18.2. The molecule has 0 atom stereocenters. The Labute approximate surface area is 156 Å². The quantitative estimate of drug-likeness (QED) is 0.921. The van der Waals surface area contributed by atoms with Gasteiger partial charge in [-0.15, -0.1) is 0 Å². The molecule has 1 saturated heterocycles. The zero-order valence-electron chi connectivity index (χ0n) is 15.9. The first-order chi connectivity index (χ1) is 12.4. The molecule has 1 aromatic heterocycles. The molecule has 0 aliphatic carbocycles. The molecule has 5 heteroatoms. The minimum atomic E-state index is -0.00316. The van der Waals surface area contributed by atoms with E-state index in [2.05, 4.69) is 60.2 Å². The number of amides is 2. The summed E-state index contributed by atoms with van der Waals surface area (Å²) in [6.45, 7) is 10.4. The Morgan fingerprint density at radius 2 is 1.77 bits per heavy atom. The smallest absolute Gasteiger partial charge is 0.317 e. The van der Waals surface area contributed by atoms with E-state index in [4.69, 9.17) is 0 Å². The van der Waals surface area contributed by atoms with Crippen LogP contribution in [0, 0.1) is 0 Å². The van der Waals surface area contributed by atoms with Crippen molar-refractivity contribution in [2.24, 2.45) is 0 Å². The summed E-state index contributed by atoms with van der Waals surface area (Å²) in [7, 11) is 0. The number of nitrogens with zero attached hydrogens (tertiary/aromatic N) is 3. The van der Waals surface area contributed by atoms with E-state index in [0.29, 0.717) is 6.54 Å². The second kappa shape index (κ2) is 7.77. The van der Waals surface area contributed by atoms with Crippen LogP contribution in [-0.2, 0) is 12.0 Å². The number of nitrogens with one attached hydrogen (secondary N) is 1. The van der Waals surface area contributed by atoms with Gasteiger partial charge in [0.15, 0.2) is 0 Å². The average molecular weight is 352 g/mol. The lowest BCUT2D eigenvalue weighted by Crippen LogP contribution is -2.51. The van der Waals surface area contributed by atoms with E-state index in [0.717, 1.165) is 31.7 Å². The number of carbonyl (C=O) groups excluding carboxylic acids is 1. The van der Waals surface area contributed by atoms with E-state index < -0.39 is 0 Å². The standard InChI is InChI=1S/C21H28N4O/c1-21(2,3)18-6-8-19(9-7-18)24-11-13-25(14-12-24)20(26)23-16-17-5-4-10-22-15-17/h4-10,15H,11-14,16H2,1-3H3,(H,23,26). The van der Waals surface area contributed by atoms with Gasteiger partial charge in [-0.25, -0.2) is 4.79 Å². The van der Waals surface area contributed by atoms with Crippen molar-refractivity contribution >= 4 is 11.7 Å². The van der Waals surface area contributed by atoms with Crippen molar-refractivity contribution in [2.45, 2.75) is 32.7 Å². The third-order valence-electron chi connectivity index (χ3n) is 4.83. The van der Waals surface area contributed by atoms with Crippen LogP contribution >= 0.6 is 0 Å². The van der Waals surface area contributed by atoms with E-state index in [1.54, 1.807) is 12.4 Å². The molecule has 138 valence electrons. The summed E-state index contributed by atoms with van der Waals surface area (Å²) >= 11 is 0. The molecule has 1 fully saturated rings. The van der Waals surface area contributed by atoms with Gasteiger partial charge in [-0.2, -0.15) is 0 Å². The molecule has 1 N–H and O–H groups in total. The zero-order valence-corrected chi connectivity index (χ0v) is 15.9. The third-order valence-corrected chi connectivity index (χ3v) is 4.83. The predicted octanol–water partition coefficient (Wildman–Crippen LogP) is 3.41. The van der Waals surface area contributed by atoms with Gasteiger partial charge in [0.2, 0.25) is 0 Å². The van der Waals surface area contributed by atoms with Crippen molar-refractivity contribution in [1.29, 1.82) is 0 Å². The van der Waals surface area contributed by atoms with Gasteiger partial charge in [0.25, 0.3) is 0 Å². The molecule has 0 unspecified atom stereocenters. The van der Waals surface area contributed by atoms with Gasteiger partial charge < -0.3 is 15.1 Å². The third kappa shape index (κ3) is 4.54. The normalized spacial score (nSPS) is 15.0. The Balaban J connectivity index is 1.50. The summed E-state index contributed by atoms with van der Waals surface area (Å²) in [5.74, 6) is 0. The lowest BCUT2D eigenvalue weighted by atomic mass is 9.87. The van der Waals surface area contributed by atoms with Crippen LogP contribution in [0.1, 0.15) is 31.9 Å². The molecule has 0 saturated carbocycles. The molecule has 26 heavy (non-hydrogen) atoms. The topological polar surface area (TPSA) is 48.5 Å². The Kier molecular flexibility index (Phi) is 5.45. The molecular formula is C21H28N4O. The summed E-state index contributed by atoms with van der Waals surface area (Å²) in [5.41, 5.74) is 3.75. The number of pyridine rings is 1.